The molecule has 0 spiro atoms. The summed E-state index contributed by atoms with van der Waals surface area (Å²) in [6.07, 6.45) is 3.58. The molecule has 0 atom stereocenters. The van der Waals surface area contributed by atoms with E-state index in [1.54, 1.807) is 23.2 Å². The summed E-state index contributed by atoms with van der Waals surface area (Å²) in [4.78, 5) is 23.8. The van der Waals surface area contributed by atoms with E-state index >= 15 is 0 Å². The van der Waals surface area contributed by atoms with E-state index in [2.05, 4.69) is 15.3 Å². The molecule has 1 saturated heterocycles. The van der Waals surface area contributed by atoms with Crippen LogP contribution in [0, 0.1) is 5.82 Å². The van der Waals surface area contributed by atoms with Crippen molar-refractivity contribution >= 4 is 23.5 Å². The Balaban J connectivity index is 1.33. The van der Waals surface area contributed by atoms with Crippen LogP contribution in [0.5, 0.6) is 0 Å². The largest absolute Gasteiger partial charge is 0.381 e. The van der Waals surface area contributed by atoms with E-state index in [1.807, 2.05) is 24.3 Å². The third-order valence-electron chi connectivity index (χ3n) is 5.85. The number of nitrogens with zero attached hydrogens (tertiary/aromatic N) is 3. The van der Waals surface area contributed by atoms with Gasteiger partial charge in [-0.15, -0.1) is 0 Å². The molecule has 3 heterocycles. The van der Waals surface area contributed by atoms with E-state index in [4.69, 9.17) is 16.3 Å². The summed E-state index contributed by atoms with van der Waals surface area (Å²) >= 11 is 5.89. The van der Waals surface area contributed by atoms with Gasteiger partial charge in [0.05, 0.1) is 10.7 Å². The molecular weight excluding hydrogens is 431 g/mol. The minimum atomic E-state index is -0.466. The van der Waals surface area contributed by atoms with Crippen LogP contribution in [0.1, 0.15) is 34.3 Å². The van der Waals surface area contributed by atoms with Crippen LogP contribution >= 0.6 is 11.6 Å². The number of ether oxygens (including phenoxy) is 1. The first-order valence-electron chi connectivity index (χ1n) is 10.6. The van der Waals surface area contributed by atoms with Crippen LogP contribution in [0.15, 0.2) is 48.7 Å². The van der Waals surface area contributed by atoms with Crippen molar-refractivity contribution in [3.8, 4) is 11.3 Å². The quantitative estimate of drug-likeness (QED) is 0.608. The fourth-order valence-corrected chi connectivity index (χ4v) is 4.32. The lowest BCUT2D eigenvalue weighted by molar-refractivity contribution is 0.0766. The molecule has 0 radical (unpaired) electrons. The molecule has 0 saturated carbocycles. The van der Waals surface area contributed by atoms with Crippen LogP contribution < -0.4 is 5.32 Å². The zero-order valence-electron chi connectivity index (χ0n) is 17.4. The zero-order chi connectivity index (χ0) is 22.1. The van der Waals surface area contributed by atoms with Crippen molar-refractivity contribution in [2.75, 3.05) is 18.5 Å². The molecule has 1 fully saturated rings. The maximum atomic E-state index is 13.4. The molecule has 8 heteroatoms. The Labute approximate surface area is 190 Å². The highest BCUT2D eigenvalue weighted by atomic mass is 35.5. The monoisotopic (exact) mass is 452 g/mol. The third kappa shape index (κ3) is 4.31. The topological polar surface area (TPSA) is 67.3 Å². The van der Waals surface area contributed by atoms with E-state index in [9.17, 15) is 9.18 Å². The zero-order valence-corrected chi connectivity index (χ0v) is 18.1. The fourth-order valence-electron chi connectivity index (χ4n) is 4.12. The summed E-state index contributed by atoms with van der Waals surface area (Å²) in [7, 11) is 0. The van der Waals surface area contributed by atoms with Crippen molar-refractivity contribution in [3.05, 3.63) is 76.2 Å². The predicted molar refractivity (Wildman–Crippen MR) is 120 cm³/mol. The SMILES string of the molecule is O=C1c2cc(-c3ccnc(NC4CCOCC4)n3)ccc2CN1Cc1ccc(F)c(Cl)c1. The van der Waals surface area contributed by atoms with Gasteiger partial charge in [0.15, 0.2) is 0 Å². The number of anilines is 1. The molecule has 164 valence electrons. The van der Waals surface area contributed by atoms with Gasteiger partial charge in [-0.05, 0) is 48.2 Å². The minimum Gasteiger partial charge on any atom is -0.381 e. The summed E-state index contributed by atoms with van der Waals surface area (Å²) in [6.45, 7) is 2.36. The van der Waals surface area contributed by atoms with Gasteiger partial charge >= 0.3 is 0 Å². The van der Waals surface area contributed by atoms with Crippen molar-refractivity contribution in [1.82, 2.24) is 14.9 Å². The van der Waals surface area contributed by atoms with Gasteiger partial charge in [0, 0.05) is 49.7 Å². The summed E-state index contributed by atoms with van der Waals surface area (Å²) in [5, 5.41) is 3.44. The van der Waals surface area contributed by atoms with E-state index in [0.29, 0.717) is 30.6 Å². The smallest absolute Gasteiger partial charge is 0.254 e. The first-order chi connectivity index (χ1) is 15.6. The lowest BCUT2D eigenvalue weighted by Gasteiger charge is -2.23. The molecule has 6 nitrogen and oxygen atoms in total. The Hall–Kier alpha value is -3.03. The first-order valence-corrected chi connectivity index (χ1v) is 11.0. The van der Waals surface area contributed by atoms with E-state index in [1.165, 1.54) is 6.07 Å². The van der Waals surface area contributed by atoms with E-state index in [-0.39, 0.29) is 10.9 Å². The van der Waals surface area contributed by atoms with Crippen molar-refractivity contribution in [3.63, 3.8) is 0 Å². The second-order valence-corrected chi connectivity index (χ2v) is 8.49. The minimum absolute atomic E-state index is 0.0582. The van der Waals surface area contributed by atoms with Crippen LogP contribution in [0.4, 0.5) is 10.3 Å². The lowest BCUT2D eigenvalue weighted by atomic mass is 10.0. The van der Waals surface area contributed by atoms with Crippen molar-refractivity contribution in [1.29, 1.82) is 0 Å². The normalized spacial score (nSPS) is 16.3. The summed E-state index contributed by atoms with van der Waals surface area (Å²) in [6, 6.07) is 12.5. The van der Waals surface area contributed by atoms with Crippen molar-refractivity contribution < 1.29 is 13.9 Å². The molecule has 1 N–H and O–H groups in total. The Morgan fingerprint density at radius 3 is 2.81 bits per heavy atom. The molecule has 5 rings (SSSR count). The number of halogens is 2. The first kappa shape index (κ1) is 20.8. The molecule has 3 aromatic rings. The van der Waals surface area contributed by atoms with Gasteiger partial charge in [-0.1, -0.05) is 29.8 Å². The molecule has 2 aliphatic rings. The number of aromatic nitrogens is 2. The Morgan fingerprint density at radius 1 is 1.16 bits per heavy atom. The van der Waals surface area contributed by atoms with Gasteiger partial charge in [-0.25, -0.2) is 14.4 Å². The average molecular weight is 453 g/mol. The molecule has 2 aliphatic heterocycles. The third-order valence-corrected chi connectivity index (χ3v) is 6.14. The van der Waals surface area contributed by atoms with Crippen LogP contribution in [0.3, 0.4) is 0 Å². The molecule has 0 aliphatic carbocycles. The molecule has 2 aromatic carbocycles. The van der Waals surface area contributed by atoms with Crippen molar-refractivity contribution in [2.24, 2.45) is 0 Å². The van der Waals surface area contributed by atoms with Crippen LogP contribution in [-0.4, -0.2) is 40.0 Å². The van der Waals surface area contributed by atoms with Crippen molar-refractivity contribution in [2.45, 2.75) is 32.0 Å². The van der Waals surface area contributed by atoms with Crippen LogP contribution in [0.2, 0.25) is 5.02 Å². The summed E-state index contributed by atoms with van der Waals surface area (Å²) in [5.74, 6) is 0.0552. The summed E-state index contributed by atoms with van der Waals surface area (Å²) < 4.78 is 18.8. The maximum absolute atomic E-state index is 13.4. The number of amides is 1. The van der Waals surface area contributed by atoms with Gasteiger partial charge in [0.1, 0.15) is 5.82 Å². The number of rotatable bonds is 5. The number of hydrogen-bond acceptors (Lipinski definition) is 5. The fraction of sp³-hybridized carbons (Fsp3) is 0.292. The number of benzene rings is 2. The van der Waals surface area contributed by atoms with Gasteiger partial charge in [-0.2, -0.15) is 0 Å². The predicted octanol–water partition coefficient (Wildman–Crippen LogP) is 4.68. The molecule has 0 bridgehead atoms. The lowest BCUT2D eigenvalue weighted by Crippen LogP contribution is -2.28. The number of fused-ring (bicyclic) bond motifs is 1. The van der Waals surface area contributed by atoms with E-state index in [0.717, 1.165) is 48.4 Å². The highest BCUT2D eigenvalue weighted by molar-refractivity contribution is 6.30. The number of hydrogen-bond donors (Lipinski definition) is 1. The molecule has 1 aromatic heterocycles. The highest BCUT2D eigenvalue weighted by Crippen LogP contribution is 2.29. The standard InChI is InChI=1S/C24H22ClFN4O2/c25-20-11-15(1-4-21(20)26)13-30-14-17-3-2-16(12-19(17)23(30)31)22-5-8-27-24(29-22)28-18-6-9-32-10-7-18/h1-5,8,11-12,18H,6-7,9-10,13-14H2,(H,27,28,29). The molecule has 0 unspecified atom stereocenters. The summed E-state index contributed by atoms with van der Waals surface area (Å²) in [5.41, 5.74) is 4.03. The van der Waals surface area contributed by atoms with Crippen LogP contribution in [0.25, 0.3) is 11.3 Å². The number of carbonyl (C=O) groups is 1. The Bertz CT molecular complexity index is 1170. The Morgan fingerprint density at radius 2 is 2.00 bits per heavy atom. The molecular formula is C24H22ClFN4O2. The molecule has 1 amide bonds. The van der Waals surface area contributed by atoms with E-state index < -0.39 is 5.82 Å². The second-order valence-electron chi connectivity index (χ2n) is 8.08. The van der Waals surface area contributed by atoms with Gasteiger partial charge in [0.25, 0.3) is 5.91 Å². The molecule has 32 heavy (non-hydrogen) atoms. The second kappa shape index (κ2) is 8.84. The average Bonchev–Trinajstić information content (AvgIpc) is 3.12. The number of nitrogens with one attached hydrogen (secondary N) is 1. The maximum Gasteiger partial charge on any atom is 0.254 e. The number of carbonyl (C=O) groups excluding carboxylic acids is 1. The van der Waals surface area contributed by atoms with Crippen LogP contribution in [-0.2, 0) is 17.8 Å². The Kier molecular flexibility index (Phi) is 5.76. The highest BCUT2D eigenvalue weighted by Gasteiger charge is 2.28. The van der Waals surface area contributed by atoms with Gasteiger partial charge in [-0.3, -0.25) is 4.79 Å². The van der Waals surface area contributed by atoms with Gasteiger partial charge in [0.2, 0.25) is 5.95 Å². The van der Waals surface area contributed by atoms with Gasteiger partial charge < -0.3 is 15.0 Å².